The van der Waals surface area contributed by atoms with Crippen molar-refractivity contribution in [2.75, 3.05) is 36.4 Å². The standard InChI is InChI=1S/C24H24N4O3S/c1-17(29)18-7-9-21(10-8-18)27-11-13-28(14-12-27)22(30)15-20-16-32-24(25-20)26-23(31)19-5-3-2-4-6-19/h2-10,16H,11-15H2,1H3,(H,25,26,31). The first-order chi connectivity index (χ1) is 15.5. The van der Waals surface area contributed by atoms with E-state index in [0.29, 0.717) is 35.0 Å². The third-order valence-electron chi connectivity index (χ3n) is 5.41. The lowest BCUT2D eigenvalue weighted by Crippen LogP contribution is -2.49. The lowest BCUT2D eigenvalue weighted by molar-refractivity contribution is -0.130. The second-order valence-corrected chi connectivity index (χ2v) is 8.47. The van der Waals surface area contributed by atoms with Crippen LogP contribution in [0.1, 0.15) is 33.3 Å². The van der Waals surface area contributed by atoms with Gasteiger partial charge in [-0.05, 0) is 43.3 Å². The highest BCUT2D eigenvalue weighted by Crippen LogP contribution is 2.20. The van der Waals surface area contributed by atoms with Gasteiger partial charge in [0.05, 0.1) is 12.1 Å². The topological polar surface area (TPSA) is 82.6 Å². The van der Waals surface area contributed by atoms with Crippen LogP contribution in [0.25, 0.3) is 0 Å². The molecule has 1 aliphatic heterocycles. The fourth-order valence-corrected chi connectivity index (χ4v) is 4.30. The maximum atomic E-state index is 12.7. The van der Waals surface area contributed by atoms with Crippen molar-refractivity contribution in [3.63, 3.8) is 0 Å². The van der Waals surface area contributed by atoms with Gasteiger partial charge < -0.3 is 9.80 Å². The Kier molecular flexibility index (Phi) is 6.61. The van der Waals surface area contributed by atoms with E-state index in [9.17, 15) is 14.4 Å². The molecule has 32 heavy (non-hydrogen) atoms. The van der Waals surface area contributed by atoms with Crippen molar-refractivity contribution < 1.29 is 14.4 Å². The van der Waals surface area contributed by atoms with Crippen LogP contribution < -0.4 is 10.2 Å². The fourth-order valence-electron chi connectivity index (χ4n) is 3.59. The highest BCUT2D eigenvalue weighted by atomic mass is 32.1. The summed E-state index contributed by atoms with van der Waals surface area (Å²) < 4.78 is 0. The quantitative estimate of drug-likeness (QED) is 0.584. The number of nitrogens with one attached hydrogen (secondary N) is 1. The molecule has 2 heterocycles. The van der Waals surface area contributed by atoms with Crippen LogP contribution in [0.4, 0.5) is 10.8 Å². The van der Waals surface area contributed by atoms with Gasteiger partial charge in [0, 0.05) is 48.4 Å². The number of ketones is 1. The van der Waals surface area contributed by atoms with Crippen LogP contribution in [-0.2, 0) is 11.2 Å². The summed E-state index contributed by atoms with van der Waals surface area (Å²) in [5.74, 6) is -0.134. The number of piperazine rings is 1. The van der Waals surface area contributed by atoms with Gasteiger partial charge in [-0.15, -0.1) is 11.3 Å². The van der Waals surface area contributed by atoms with Gasteiger partial charge in [0.2, 0.25) is 5.91 Å². The number of hydrogen-bond acceptors (Lipinski definition) is 6. The van der Waals surface area contributed by atoms with Crippen LogP contribution in [-0.4, -0.2) is 53.7 Å². The Labute approximate surface area is 190 Å². The van der Waals surface area contributed by atoms with Gasteiger partial charge in [-0.25, -0.2) is 4.98 Å². The van der Waals surface area contributed by atoms with Gasteiger partial charge in [-0.3, -0.25) is 19.7 Å². The summed E-state index contributed by atoms with van der Waals surface area (Å²) in [5.41, 5.74) is 2.98. The van der Waals surface area contributed by atoms with Gasteiger partial charge in [-0.2, -0.15) is 0 Å². The molecule has 0 unspecified atom stereocenters. The first-order valence-corrected chi connectivity index (χ1v) is 11.3. The highest BCUT2D eigenvalue weighted by molar-refractivity contribution is 7.14. The smallest absolute Gasteiger partial charge is 0.257 e. The zero-order valence-electron chi connectivity index (χ0n) is 17.8. The fraction of sp³-hybridized carbons (Fsp3) is 0.250. The minimum Gasteiger partial charge on any atom is -0.368 e. The minimum absolute atomic E-state index is 0.0304. The lowest BCUT2D eigenvalue weighted by atomic mass is 10.1. The van der Waals surface area contributed by atoms with Gasteiger partial charge in [0.25, 0.3) is 5.91 Å². The number of amides is 2. The summed E-state index contributed by atoms with van der Waals surface area (Å²) in [7, 11) is 0. The number of nitrogens with zero attached hydrogens (tertiary/aromatic N) is 3. The van der Waals surface area contributed by atoms with Crippen molar-refractivity contribution in [2.24, 2.45) is 0 Å². The number of aromatic nitrogens is 1. The molecule has 1 aromatic heterocycles. The van der Waals surface area contributed by atoms with Crippen LogP contribution in [0.3, 0.4) is 0 Å². The summed E-state index contributed by atoms with van der Waals surface area (Å²) in [5, 5.41) is 5.08. The zero-order chi connectivity index (χ0) is 22.5. The monoisotopic (exact) mass is 448 g/mol. The normalized spacial score (nSPS) is 13.7. The number of carbonyl (C=O) groups excluding carboxylic acids is 3. The number of rotatable bonds is 6. The Morgan fingerprint density at radius 1 is 0.938 bits per heavy atom. The molecular formula is C24H24N4O3S. The largest absolute Gasteiger partial charge is 0.368 e. The van der Waals surface area contributed by atoms with Crippen molar-refractivity contribution >= 4 is 39.8 Å². The Hall–Kier alpha value is -3.52. The molecule has 164 valence electrons. The molecule has 0 saturated carbocycles. The predicted molar refractivity (Wildman–Crippen MR) is 125 cm³/mol. The van der Waals surface area contributed by atoms with Crippen molar-refractivity contribution in [2.45, 2.75) is 13.3 Å². The van der Waals surface area contributed by atoms with E-state index in [-0.39, 0.29) is 24.0 Å². The summed E-state index contributed by atoms with van der Waals surface area (Å²) in [6.45, 7) is 4.30. The Bertz CT molecular complexity index is 1100. The molecule has 4 rings (SSSR count). The van der Waals surface area contributed by atoms with E-state index in [1.165, 1.54) is 11.3 Å². The Morgan fingerprint density at radius 3 is 2.28 bits per heavy atom. The lowest BCUT2D eigenvalue weighted by Gasteiger charge is -2.36. The number of anilines is 2. The van der Waals surface area contributed by atoms with E-state index < -0.39 is 0 Å². The summed E-state index contributed by atoms with van der Waals surface area (Å²) in [6.07, 6.45) is 0.213. The molecule has 1 aliphatic rings. The average molecular weight is 449 g/mol. The molecule has 0 bridgehead atoms. The number of Topliss-reactive ketones (excluding diaryl/α,β-unsaturated/α-hetero) is 1. The van der Waals surface area contributed by atoms with Crippen molar-refractivity contribution in [1.82, 2.24) is 9.88 Å². The van der Waals surface area contributed by atoms with E-state index in [1.807, 2.05) is 52.7 Å². The molecule has 7 nitrogen and oxygen atoms in total. The Balaban J connectivity index is 1.28. The first kappa shape index (κ1) is 21.7. The van der Waals surface area contributed by atoms with Crippen molar-refractivity contribution in [3.05, 3.63) is 76.8 Å². The molecule has 0 radical (unpaired) electrons. The van der Waals surface area contributed by atoms with Crippen LogP contribution in [0.2, 0.25) is 0 Å². The molecule has 1 saturated heterocycles. The number of thiazole rings is 1. The molecule has 1 fully saturated rings. The Morgan fingerprint density at radius 2 is 1.62 bits per heavy atom. The SMILES string of the molecule is CC(=O)c1ccc(N2CCN(C(=O)Cc3csc(NC(=O)c4ccccc4)n3)CC2)cc1. The second-order valence-electron chi connectivity index (χ2n) is 7.61. The predicted octanol–water partition coefficient (Wildman–Crippen LogP) is 3.49. The van der Waals surface area contributed by atoms with Crippen LogP contribution >= 0.6 is 11.3 Å². The number of hydrogen-bond donors (Lipinski definition) is 1. The third-order valence-corrected chi connectivity index (χ3v) is 6.22. The van der Waals surface area contributed by atoms with Crippen LogP contribution in [0.5, 0.6) is 0 Å². The zero-order valence-corrected chi connectivity index (χ0v) is 18.6. The van der Waals surface area contributed by atoms with Crippen molar-refractivity contribution in [1.29, 1.82) is 0 Å². The van der Waals surface area contributed by atoms with E-state index >= 15 is 0 Å². The summed E-state index contributed by atoms with van der Waals surface area (Å²) >= 11 is 1.32. The molecule has 0 aliphatic carbocycles. The van der Waals surface area contributed by atoms with Gasteiger partial charge in [0.1, 0.15) is 0 Å². The average Bonchev–Trinajstić information content (AvgIpc) is 3.26. The summed E-state index contributed by atoms with van der Waals surface area (Å²) in [6, 6.07) is 16.5. The number of carbonyl (C=O) groups is 3. The first-order valence-electron chi connectivity index (χ1n) is 10.4. The van der Waals surface area contributed by atoms with Crippen molar-refractivity contribution in [3.8, 4) is 0 Å². The van der Waals surface area contributed by atoms with Gasteiger partial charge in [0.15, 0.2) is 10.9 Å². The molecular weight excluding hydrogens is 424 g/mol. The van der Waals surface area contributed by atoms with Gasteiger partial charge >= 0.3 is 0 Å². The van der Waals surface area contributed by atoms with Gasteiger partial charge in [-0.1, -0.05) is 18.2 Å². The molecule has 0 spiro atoms. The highest BCUT2D eigenvalue weighted by Gasteiger charge is 2.22. The molecule has 2 amide bonds. The van der Waals surface area contributed by atoms with Crippen LogP contribution in [0, 0.1) is 0 Å². The molecule has 2 aromatic carbocycles. The maximum absolute atomic E-state index is 12.7. The second kappa shape index (κ2) is 9.74. The number of benzene rings is 2. The van der Waals surface area contributed by atoms with E-state index in [2.05, 4.69) is 15.2 Å². The molecule has 3 aromatic rings. The van der Waals surface area contributed by atoms with E-state index in [4.69, 9.17) is 0 Å². The minimum atomic E-state index is -0.217. The van der Waals surface area contributed by atoms with E-state index in [0.717, 1.165) is 18.8 Å². The van der Waals surface area contributed by atoms with Crippen LogP contribution in [0.15, 0.2) is 60.0 Å². The summed E-state index contributed by atoms with van der Waals surface area (Å²) in [4.78, 5) is 44.9. The molecule has 1 N–H and O–H groups in total. The molecule has 8 heteroatoms. The maximum Gasteiger partial charge on any atom is 0.257 e. The molecule has 0 atom stereocenters. The van der Waals surface area contributed by atoms with E-state index in [1.54, 1.807) is 19.1 Å². The third kappa shape index (κ3) is 5.20.